The highest BCUT2D eigenvalue weighted by Gasteiger charge is 2.46. The Kier molecular flexibility index (Phi) is 4.50. The van der Waals surface area contributed by atoms with Gasteiger partial charge in [0, 0.05) is 18.5 Å². The molecule has 3 heterocycles. The van der Waals surface area contributed by atoms with E-state index >= 15 is 0 Å². The minimum atomic E-state index is -0.502. The van der Waals surface area contributed by atoms with E-state index in [0.717, 1.165) is 40.8 Å². The molecule has 0 radical (unpaired) electrons. The third kappa shape index (κ3) is 3.60. The summed E-state index contributed by atoms with van der Waals surface area (Å²) in [6.45, 7) is 6.06. The van der Waals surface area contributed by atoms with Crippen molar-refractivity contribution in [3.63, 3.8) is 0 Å². The fraction of sp³-hybridized carbons (Fsp3) is 0.765. The number of carbonyl (C=O) groups is 2. The van der Waals surface area contributed by atoms with Gasteiger partial charge >= 0.3 is 12.1 Å². The molecule has 0 spiro atoms. The largest absolute Gasteiger partial charge is 0.444 e. The molecule has 27 heavy (non-hydrogen) atoms. The first-order chi connectivity index (χ1) is 12.7. The first-order valence-electron chi connectivity index (χ1n) is 9.33. The normalized spacial score (nSPS) is 30.3. The van der Waals surface area contributed by atoms with E-state index in [-0.39, 0.29) is 36.2 Å². The molecule has 3 amide bonds. The van der Waals surface area contributed by atoms with Crippen LogP contribution in [-0.4, -0.2) is 61.7 Å². The lowest BCUT2D eigenvalue weighted by molar-refractivity contribution is -0.0584. The minimum absolute atomic E-state index is 0.0933. The number of hydrogen-bond acceptors (Lipinski definition) is 7. The van der Waals surface area contributed by atoms with Gasteiger partial charge in [-0.05, 0) is 46.5 Å². The molecule has 3 fully saturated rings. The number of alkyl carbamates (subject to hydrolysis) is 1. The molecule has 4 rings (SSSR count). The fourth-order valence-corrected chi connectivity index (χ4v) is 4.98. The van der Waals surface area contributed by atoms with Crippen LogP contribution in [0.15, 0.2) is 0 Å². The van der Waals surface area contributed by atoms with E-state index in [2.05, 4.69) is 15.5 Å². The molecule has 0 aromatic carbocycles. The highest BCUT2D eigenvalue weighted by atomic mass is 32.1. The summed E-state index contributed by atoms with van der Waals surface area (Å²) >= 11 is 1.53. The van der Waals surface area contributed by atoms with Crippen molar-refractivity contribution >= 4 is 23.5 Å². The Labute approximate surface area is 161 Å². The molecule has 10 heteroatoms. The second kappa shape index (κ2) is 6.59. The van der Waals surface area contributed by atoms with Gasteiger partial charge in [0.15, 0.2) is 0 Å². The maximum absolute atomic E-state index is 12.1. The number of fused-ring (bicyclic) bond motifs is 2. The predicted octanol–water partition coefficient (Wildman–Crippen LogP) is 2.64. The molecule has 3 aliphatic rings. The van der Waals surface area contributed by atoms with Gasteiger partial charge in [0.05, 0.1) is 12.1 Å². The van der Waals surface area contributed by atoms with Gasteiger partial charge in [-0.2, -0.15) is 0 Å². The predicted molar refractivity (Wildman–Crippen MR) is 96.5 cm³/mol. The van der Waals surface area contributed by atoms with Crippen molar-refractivity contribution in [1.82, 2.24) is 25.5 Å². The minimum Gasteiger partial charge on any atom is -0.444 e. The Morgan fingerprint density at radius 1 is 1.26 bits per heavy atom. The molecule has 1 saturated carbocycles. The third-order valence-electron chi connectivity index (χ3n) is 5.29. The molecule has 2 aliphatic heterocycles. The number of piperidine rings is 1. The number of hydrogen-bond donors (Lipinski definition) is 2. The van der Waals surface area contributed by atoms with Gasteiger partial charge in [-0.25, -0.2) is 14.7 Å². The summed E-state index contributed by atoms with van der Waals surface area (Å²) in [7, 11) is 0. The summed E-state index contributed by atoms with van der Waals surface area (Å²) in [5.41, 5.74) is -0.502. The lowest BCUT2D eigenvalue weighted by Gasteiger charge is -2.34. The first-order valence-corrected chi connectivity index (χ1v) is 10.1. The molecular weight excluding hydrogens is 370 g/mol. The van der Waals surface area contributed by atoms with Gasteiger partial charge in [-0.15, -0.1) is 10.2 Å². The van der Waals surface area contributed by atoms with E-state index in [9.17, 15) is 14.8 Å². The van der Waals surface area contributed by atoms with Crippen LogP contribution in [0.3, 0.4) is 0 Å². The molecule has 1 aromatic heterocycles. The number of carbonyl (C=O) groups excluding carboxylic acids is 2. The number of amides is 3. The lowest BCUT2D eigenvalue weighted by atomic mass is 9.81. The second-order valence-corrected chi connectivity index (χ2v) is 9.56. The van der Waals surface area contributed by atoms with Crippen molar-refractivity contribution in [3.05, 3.63) is 10.0 Å². The second-order valence-electron chi connectivity index (χ2n) is 8.52. The van der Waals surface area contributed by atoms with Gasteiger partial charge in [0.25, 0.3) is 0 Å². The Morgan fingerprint density at radius 3 is 2.67 bits per heavy atom. The van der Waals surface area contributed by atoms with E-state index in [1.54, 1.807) is 4.90 Å². The molecule has 2 saturated heterocycles. The average Bonchev–Trinajstić information content (AvgIpc) is 3.10. The van der Waals surface area contributed by atoms with Crippen LogP contribution < -0.4 is 5.32 Å². The average molecular weight is 395 g/mol. The summed E-state index contributed by atoms with van der Waals surface area (Å²) in [5.74, 6) is 0.274. The van der Waals surface area contributed by atoms with Gasteiger partial charge in [-0.3, -0.25) is 5.21 Å². The SMILES string of the molecule is CC(C)(C)OC(=O)NC1CC(c2nnc([C@@H]3CC[C@H]4CN3C(=O)N4O)s2)C1. The summed E-state index contributed by atoms with van der Waals surface area (Å²) in [6, 6.07) is -0.458. The summed E-state index contributed by atoms with van der Waals surface area (Å²) in [5, 5.41) is 24.0. The van der Waals surface area contributed by atoms with E-state index in [4.69, 9.17) is 4.74 Å². The highest BCUT2D eigenvalue weighted by molar-refractivity contribution is 7.11. The van der Waals surface area contributed by atoms with Gasteiger partial charge < -0.3 is 15.0 Å². The van der Waals surface area contributed by atoms with Gasteiger partial charge in [-0.1, -0.05) is 11.3 Å². The van der Waals surface area contributed by atoms with Gasteiger partial charge in [0.1, 0.15) is 15.6 Å². The molecule has 148 valence electrons. The van der Waals surface area contributed by atoms with E-state index in [1.165, 1.54) is 11.3 Å². The Balaban J connectivity index is 1.32. The monoisotopic (exact) mass is 395 g/mol. The van der Waals surface area contributed by atoms with Gasteiger partial charge in [0.2, 0.25) is 0 Å². The van der Waals surface area contributed by atoms with Crippen LogP contribution in [0.25, 0.3) is 0 Å². The quantitative estimate of drug-likeness (QED) is 0.762. The topological polar surface area (TPSA) is 108 Å². The molecule has 1 aromatic rings. The number of hydroxylamine groups is 2. The number of urea groups is 1. The first kappa shape index (κ1) is 18.4. The van der Waals surface area contributed by atoms with Crippen molar-refractivity contribution in [2.24, 2.45) is 0 Å². The molecule has 0 unspecified atom stereocenters. The molecular formula is C17H25N5O4S. The van der Waals surface area contributed by atoms with Crippen LogP contribution in [0, 0.1) is 0 Å². The number of ether oxygens (including phenoxy) is 1. The summed E-state index contributed by atoms with van der Waals surface area (Å²) in [4.78, 5) is 25.6. The molecule has 9 nitrogen and oxygen atoms in total. The smallest absolute Gasteiger partial charge is 0.407 e. The number of aromatic nitrogens is 2. The standard InChI is InChI=1S/C17H25N5O4S/c1-17(2,3)26-15(23)18-10-6-9(7-10)13-19-20-14(27-13)12-5-4-11-8-21(12)16(24)22(11)25/h9-12,25H,4-8H2,1-3H3,(H,18,23)/t9?,10?,11-,12-/m0/s1. The lowest BCUT2D eigenvalue weighted by Crippen LogP contribution is -2.45. The van der Waals surface area contributed by atoms with Crippen LogP contribution in [0.5, 0.6) is 0 Å². The zero-order chi connectivity index (χ0) is 19.3. The van der Waals surface area contributed by atoms with Crippen molar-refractivity contribution in [3.8, 4) is 0 Å². The molecule has 2 atom stereocenters. The van der Waals surface area contributed by atoms with Crippen LogP contribution in [0.1, 0.15) is 68.4 Å². The highest BCUT2D eigenvalue weighted by Crippen LogP contribution is 2.42. The summed E-state index contributed by atoms with van der Waals surface area (Å²) in [6.07, 6.45) is 2.79. The van der Waals surface area contributed by atoms with Crippen LogP contribution in [0.4, 0.5) is 9.59 Å². The maximum Gasteiger partial charge on any atom is 0.407 e. The van der Waals surface area contributed by atoms with E-state index in [0.29, 0.717) is 6.54 Å². The Hall–Kier alpha value is -1.94. The number of nitrogens with one attached hydrogen (secondary N) is 1. The van der Waals surface area contributed by atoms with Crippen molar-refractivity contribution in [2.45, 2.75) is 76.1 Å². The zero-order valence-corrected chi connectivity index (χ0v) is 16.5. The van der Waals surface area contributed by atoms with Crippen molar-refractivity contribution in [1.29, 1.82) is 0 Å². The number of rotatable bonds is 3. The molecule has 1 aliphatic carbocycles. The van der Waals surface area contributed by atoms with Crippen LogP contribution in [0.2, 0.25) is 0 Å². The molecule has 2 bridgehead atoms. The maximum atomic E-state index is 12.1. The van der Waals surface area contributed by atoms with Crippen LogP contribution >= 0.6 is 11.3 Å². The van der Waals surface area contributed by atoms with Crippen LogP contribution in [-0.2, 0) is 4.74 Å². The summed E-state index contributed by atoms with van der Waals surface area (Å²) < 4.78 is 5.28. The van der Waals surface area contributed by atoms with E-state index in [1.807, 2.05) is 20.8 Å². The zero-order valence-electron chi connectivity index (χ0n) is 15.7. The Morgan fingerprint density at radius 2 is 1.96 bits per heavy atom. The molecule has 2 N–H and O–H groups in total. The van der Waals surface area contributed by atoms with Crippen molar-refractivity contribution in [2.75, 3.05) is 6.54 Å². The number of nitrogens with zero attached hydrogens (tertiary/aromatic N) is 4. The fourth-order valence-electron chi connectivity index (χ4n) is 3.87. The van der Waals surface area contributed by atoms with Crippen molar-refractivity contribution < 1.29 is 19.5 Å². The third-order valence-corrected chi connectivity index (χ3v) is 6.48. The Bertz CT molecular complexity index is 742. The van der Waals surface area contributed by atoms with E-state index < -0.39 is 5.60 Å².